The summed E-state index contributed by atoms with van der Waals surface area (Å²) in [5.41, 5.74) is 0.376. The van der Waals surface area contributed by atoms with Crippen molar-refractivity contribution >= 4 is 28.8 Å². The van der Waals surface area contributed by atoms with Crippen LogP contribution in [-0.4, -0.2) is 37.2 Å². The zero-order chi connectivity index (χ0) is 13.6. The van der Waals surface area contributed by atoms with Crippen molar-refractivity contribution in [1.29, 1.82) is 0 Å². The second kappa shape index (κ2) is 4.37. The van der Waals surface area contributed by atoms with Crippen molar-refractivity contribution < 1.29 is 9.53 Å². The number of carbonyl (C=O) groups excluding carboxylic acids is 1. The summed E-state index contributed by atoms with van der Waals surface area (Å²) in [6.45, 7) is 2.39. The standard InChI is InChI=1S/C11H12N4O3S/c1-3-18-10(17)7-5-15-9(16)6-4-12-14(2)8(6)13-11(15)19-7/h4,7H,3,5H2,1-2H3. The number of carbonyl (C=O) groups is 1. The Bertz CT molecular complexity index is 721. The van der Waals surface area contributed by atoms with Crippen molar-refractivity contribution in [1.82, 2.24) is 19.3 Å². The lowest BCUT2D eigenvalue weighted by Gasteiger charge is -2.05. The molecule has 7 nitrogen and oxygen atoms in total. The summed E-state index contributed by atoms with van der Waals surface area (Å²) in [5.74, 6) is -0.306. The van der Waals surface area contributed by atoms with E-state index < -0.39 is 5.25 Å². The van der Waals surface area contributed by atoms with E-state index in [4.69, 9.17) is 4.74 Å². The van der Waals surface area contributed by atoms with E-state index in [9.17, 15) is 9.59 Å². The summed E-state index contributed by atoms with van der Waals surface area (Å²) >= 11 is 1.26. The Labute approximate surface area is 112 Å². The number of ether oxygens (including phenoxy) is 1. The van der Waals surface area contributed by atoms with Crippen LogP contribution in [0.25, 0.3) is 11.0 Å². The Morgan fingerprint density at radius 3 is 3.16 bits per heavy atom. The second-order valence-electron chi connectivity index (χ2n) is 4.17. The molecule has 0 saturated carbocycles. The van der Waals surface area contributed by atoms with Crippen LogP contribution < -0.4 is 5.56 Å². The lowest BCUT2D eigenvalue weighted by molar-refractivity contribution is -0.142. The third kappa shape index (κ3) is 1.83. The highest BCUT2D eigenvalue weighted by Gasteiger charge is 2.32. The normalized spacial score (nSPS) is 17.7. The fraction of sp³-hybridized carbons (Fsp3) is 0.455. The molecule has 2 aromatic rings. The quantitative estimate of drug-likeness (QED) is 0.576. The summed E-state index contributed by atoms with van der Waals surface area (Å²) < 4.78 is 8.04. The second-order valence-corrected chi connectivity index (χ2v) is 5.34. The van der Waals surface area contributed by atoms with Gasteiger partial charge in [-0.2, -0.15) is 5.10 Å². The van der Waals surface area contributed by atoms with Crippen LogP contribution in [0.1, 0.15) is 6.92 Å². The molecule has 19 heavy (non-hydrogen) atoms. The molecule has 0 radical (unpaired) electrons. The average molecular weight is 280 g/mol. The zero-order valence-electron chi connectivity index (χ0n) is 10.5. The molecular formula is C11H12N4O3S. The molecule has 1 aliphatic rings. The van der Waals surface area contributed by atoms with Crippen LogP contribution in [0.2, 0.25) is 0 Å². The minimum atomic E-state index is -0.398. The Kier molecular flexibility index (Phi) is 2.81. The molecule has 1 aliphatic heterocycles. The monoisotopic (exact) mass is 280 g/mol. The Balaban J connectivity index is 2.04. The van der Waals surface area contributed by atoms with Gasteiger partial charge >= 0.3 is 5.97 Å². The third-order valence-corrected chi connectivity index (χ3v) is 4.11. The Morgan fingerprint density at radius 2 is 2.42 bits per heavy atom. The van der Waals surface area contributed by atoms with Gasteiger partial charge in [0.1, 0.15) is 10.6 Å². The predicted octanol–water partition coefficient (Wildman–Crippen LogP) is 0.167. The van der Waals surface area contributed by atoms with E-state index in [2.05, 4.69) is 10.1 Å². The number of aryl methyl sites for hydroxylation is 1. The zero-order valence-corrected chi connectivity index (χ0v) is 11.3. The fourth-order valence-electron chi connectivity index (χ4n) is 2.04. The molecule has 0 bridgehead atoms. The van der Waals surface area contributed by atoms with Gasteiger partial charge in [-0.1, -0.05) is 11.8 Å². The molecule has 3 rings (SSSR count). The third-order valence-electron chi connectivity index (χ3n) is 2.96. The molecule has 0 aliphatic carbocycles. The molecule has 0 amide bonds. The van der Waals surface area contributed by atoms with Gasteiger partial charge in [0.2, 0.25) is 0 Å². The van der Waals surface area contributed by atoms with Crippen molar-refractivity contribution in [3.63, 3.8) is 0 Å². The number of fused-ring (bicyclic) bond motifs is 2. The summed E-state index contributed by atoms with van der Waals surface area (Å²) in [7, 11) is 1.73. The predicted molar refractivity (Wildman–Crippen MR) is 69.0 cm³/mol. The van der Waals surface area contributed by atoms with E-state index in [0.29, 0.717) is 29.3 Å². The number of nitrogens with zero attached hydrogens (tertiary/aromatic N) is 4. The van der Waals surface area contributed by atoms with Crippen molar-refractivity contribution in [2.24, 2.45) is 7.05 Å². The van der Waals surface area contributed by atoms with Crippen molar-refractivity contribution in [2.45, 2.75) is 23.9 Å². The first-order valence-corrected chi connectivity index (χ1v) is 6.75. The van der Waals surface area contributed by atoms with Crippen LogP contribution in [0.15, 0.2) is 16.1 Å². The molecular weight excluding hydrogens is 268 g/mol. The van der Waals surface area contributed by atoms with Gasteiger partial charge in [-0.05, 0) is 6.92 Å². The van der Waals surface area contributed by atoms with Gasteiger partial charge in [0.05, 0.1) is 19.3 Å². The van der Waals surface area contributed by atoms with Crippen molar-refractivity contribution in [2.75, 3.05) is 6.61 Å². The summed E-state index contributed by atoms with van der Waals surface area (Å²) in [6, 6.07) is 0. The van der Waals surface area contributed by atoms with Crippen LogP contribution in [-0.2, 0) is 23.1 Å². The number of hydrogen-bond acceptors (Lipinski definition) is 6. The van der Waals surface area contributed by atoms with Gasteiger partial charge in [-0.15, -0.1) is 0 Å². The fourth-order valence-corrected chi connectivity index (χ4v) is 3.10. The van der Waals surface area contributed by atoms with Crippen LogP contribution in [0.4, 0.5) is 0 Å². The molecule has 0 aromatic carbocycles. The van der Waals surface area contributed by atoms with E-state index >= 15 is 0 Å². The molecule has 0 fully saturated rings. The number of aromatic nitrogens is 4. The highest BCUT2D eigenvalue weighted by atomic mass is 32.2. The maximum absolute atomic E-state index is 12.3. The Hall–Kier alpha value is -1.83. The lowest BCUT2D eigenvalue weighted by Crippen LogP contribution is -2.26. The summed E-state index contributed by atoms with van der Waals surface area (Å²) in [5, 5.41) is 4.63. The maximum Gasteiger partial charge on any atom is 0.321 e. The van der Waals surface area contributed by atoms with E-state index in [1.165, 1.54) is 22.5 Å². The molecule has 8 heteroatoms. The van der Waals surface area contributed by atoms with Crippen LogP contribution >= 0.6 is 11.8 Å². The lowest BCUT2D eigenvalue weighted by atomic mass is 10.4. The first-order valence-electron chi connectivity index (χ1n) is 5.87. The van der Waals surface area contributed by atoms with Gasteiger partial charge in [-0.3, -0.25) is 18.8 Å². The van der Waals surface area contributed by atoms with Gasteiger partial charge in [0.15, 0.2) is 10.8 Å². The number of rotatable bonds is 2. The number of esters is 1. The maximum atomic E-state index is 12.3. The van der Waals surface area contributed by atoms with Crippen LogP contribution in [0.3, 0.4) is 0 Å². The molecule has 0 N–H and O–H groups in total. The minimum absolute atomic E-state index is 0.160. The molecule has 1 unspecified atom stereocenters. The van der Waals surface area contributed by atoms with Crippen LogP contribution in [0.5, 0.6) is 0 Å². The van der Waals surface area contributed by atoms with Gasteiger partial charge < -0.3 is 4.74 Å². The summed E-state index contributed by atoms with van der Waals surface area (Å²) in [4.78, 5) is 28.4. The smallest absolute Gasteiger partial charge is 0.321 e. The van der Waals surface area contributed by atoms with E-state index in [0.717, 1.165) is 0 Å². The van der Waals surface area contributed by atoms with Gasteiger partial charge in [0, 0.05) is 7.05 Å². The number of hydrogen-bond donors (Lipinski definition) is 0. The Morgan fingerprint density at radius 1 is 1.63 bits per heavy atom. The minimum Gasteiger partial charge on any atom is -0.465 e. The molecule has 2 aromatic heterocycles. The van der Waals surface area contributed by atoms with Gasteiger partial charge in [-0.25, -0.2) is 4.98 Å². The van der Waals surface area contributed by atoms with E-state index in [1.807, 2.05) is 0 Å². The molecule has 100 valence electrons. The van der Waals surface area contributed by atoms with E-state index in [-0.39, 0.29) is 11.5 Å². The first kappa shape index (κ1) is 12.2. The SMILES string of the molecule is CCOC(=O)C1Cn2c(nc3c(cnn3C)c2=O)S1. The highest BCUT2D eigenvalue weighted by Crippen LogP contribution is 2.30. The topological polar surface area (TPSA) is 79.0 Å². The first-order chi connectivity index (χ1) is 9.11. The molecule has 3 heterocycles. The van der Waals surface area contributed by atoms with Gasteiger partial charge in [0.25, 0.3) is 5.56 Å². The summed E-state index contributed by atoms with van der Waals surface area (Å²) in [6.07, 6.45) is 1.50. The van der Waals surface area contributed by atoms with Crippen molar-refractivity contribution in [3.05, 3.63) is 16.6 Å². The highest BCUT2D eigenvalue weighted by molar-refractivity contribution is 8.00. The molecule has 0 spiro atoms. The molecule has 1 atom stereocenters. The average Bonchev–Trinajstić information content (AvgIpc) is 2.96. The largest absolute Gasteiger partial charge is 0.465 e. The number of thioether (sulfide) groups is 1. The van der Waals surface area contributed by atoms with Crippen LogP contribution in [0, 0.1) is 0 Å². The van der Waals surface area contributed by atoms with Crippen molar-refractivity contribution in [3.8, 4) is 0 Å². The molecule has 0 saturated heterocycles. The van der Waals surface area contributed by atoms with E-state index in [1.54, 1.807) is 18.7 Å².